The van der Waals surface area contributed by atoms with Crippen molar-refractivity contribution < 1.29 is 23.8 Å². The van der Waals surface area contributed by atoms with E-state index in [1.807, 2.05) is 0 Å². The molecule has 1 unspecified atom stereocenters. The van der Waals surface area contributed by atoms with E-state index in [9.17, 15) is 9.59 Å². The van der Waals surface area contributed by atoms with E-state index in [1.54, 1.807) is 26.0 Å². The first-order chi connectivity index (χ1) is 9.54. The van der Waals surface area contributed by atoms with Crippen LogP contribution in [0.1, 0.15) is 30.6 Å². The zero-order valence-electron chi connectivity index (χ0n) is 11.8. The van der Waals surface area contributed by atoms with Gasteiger partial charge in [0.15, 0.2) is 6.10 Å². The van der Waals surface area contributed by atoms with Gasteiger partial charge in [0.1, 0.15) is 5.75 Å². The van der Waals surface area contributed by atoms with E-state index in [4.69, 9.17) is 19.9 Å². The van der Waals surface area contributed by atoms with Crippen LogP contribution in [0.5, 0.6) is 5.75 Å². The second-order valence-corrected chi connectivity index (χ2v) is 3.98. The standard InChI is InChI=1S/C14H19NO5/c1-4-10(14(17)19-5-2)20-13(16)9-7-6-8-11(18-3)12(9)15/h6-8,10H,4-5,15H2,1-3H3. The van der Waals surface area contributed by atoms with Crippen LogP contribution in [0.4, 0.5) is 5.69 Å². The molecule has 1 rings (SSSR count). The summed E-state index contributed by atoms with van der Waals surface area (Å²) in [4.78, 5) is 23.6. The van der Waals surface area contributed by atoms with E-state index >= 15 is 0 Å². The van der Waals surface area contributed by atoms with E-state index in [2.05, 4.69) is 0 Å². The fraction of sp³-hybridized carbons (Fsp3) is 0.429. The Labute approximate surface area is 117 Å². The number of carbonyl (C=O) groups excluding carboxylic acids is 2. The number of hydrogen-bond acceptors (Lipinski definition) is 6. The maximum Gasteiger partial charge on any atom is 0.347 e. The van der Waals surface area contributed by atoms with Crippen LogP contribution in [0.2, 0.25) is 0 Å². The second-order valence-electron chi connectivity index (χ2n) is 3.98. The number of carbonyl (C=O) groups is 2. The van der Waals surface area contributed by atoms with E-state index in [1.165, 1.54) is 13.2 Å². The van der Waals surface area contributed by atoms with Gasteiger partial charge in [-0.1, -0.05) is 13.0 Å². The molecular weight excluding hydrogens is 262 g/mol. The van der Waals surface area contributed by atoms with Gasteiger partial charge in [-0.2, -0.15) is 0 Å². The molecule has 1 aromatic rings. The van der Waals surface area contributed by atoms with Crippen LogP contribution in [-0.4, -0.2) is 31.8 Å². The highest BCUT2D eigenvalue weighted by molar-refractivity contribution is 5.97. The molecule has 2 N–H and O–H groups in total. The van der Waals surface area contributed by atoms with Crippen LogP contribution in [0, 0.1) is 0 Å². The van der Waals surface area contributed by atoms with Crippen LogP contribution < -0.4 is 10.5 Å². The summed E-state index contributed by atoms with van der Waals surface area (Å²) >= 11 is 0. The largest absolute Gasteiger partial charge is 0.495 e. The van der Waals surface area contributed by atoms with Crippen molar-refractivity contribution >= 4 is 17.6 Å². The number of ether oxygens (including phenoxy) is 3. The highest BCUT2D eigenvalue weighted by atomic mass is 16.6. The molecule has 0 spiro atoms. The third-order valence-corrected chi connectivity index (χ3v) is 2.68. The van der Waals surface area contributed by atoms with Gasteiger partial charge >= 0.3 is 11.9 Å². The first kappa shape index (κ1) is 15.8. The van der Waals surface area contributed by atoms with Crippen molar-refractivity contribution in [2.45, 2.75) is 26.4 Å². The summed E-state index contributed by atoms with van der Waals surface area (Å²) in [5, 5.41) is 0. The van der Waals surface area contributed by atoms with Crippen molar-refractivity contribution in [2.75, 3.05) is 19.5 Å². The lowest BCUT2D eigenvalue weighted by molar-refractivity contribution is -0.153. The van der Waals surface area contributed by atoms with Gasteiger partial charge in [0.25, 0.3) is 0 Å². The molecule has 0 saturated carbocycles. The van der Waals surface area contributed by atoms with E-state index < -0.39 is 18.0 Å². The first-order valence-electron chi connectivity index (χ1n) is 6.35. The molecule has 0 aliphatic carbocycles. The molecule has 0 amide bonds. The number of anilines is 1. The fourth-order valence-corrected chi connectivity index (χ4v) is 1.63. The Balaban J connectivity index is 2.87. The summed E-state index contributed by atoms with van der Waals surface area (Å²) in [5.41, 5.74) is 6.14. The molecule has 0 heterocycles. The number of rotatable bonds is 6. The highest BCUT2D eigenvalue weighted by Crippen LogP contribution is 2.25. The third-order valence-electron chi connectivity index (χ3n) is 2.68. The quantitative estimate of drug-likeness (QED) is 0.631. The molecule has 0 saturated heterocycles. The van der Waals surface area contributed by atoms with Crippen molar-refractivity contribution in [3.05, 3.63) is 23.8 Å². The van der Waals surface area contributed by atoms with Gasteiger partial charge in [0.2, 0.25) is 0 Å². The van der Waals surface area contributed by atoms with Crippen molar-refractivity contribution in [2.24, 2.45) is 0 Å². The Morgan fingerprint density at radius 3 is 2.55 bits per heavy atom. The molecule has 6 nitrogen and oxygen atoms in total. The molecule has 6 heteroatoms. The molecule has 0 aliphatic heterocycles. The lowest BCUT2D eigenvalue weighted by Crippen LogP contribution is -2.29. The summed E-state index contributed by atoms with van der Waals surface area (Å²) in [7, 11) is 1.45. The van der Waals surface area contributed by atoms with E-state index in [0.29, 0.717) is 12.2 Å². The minimum absolute atomic E-state index is 0.159. The third kappa shape index (κ3) is 3.63. The van der Waals surface area contributed by atoms with Gasteiger partial charge in [-0.05, 0) is 25.5 Å². The van der Waals surface area contributed by atoms with Crippen LogP contribution >= 0.6 is 0 Å². The summed E-state index contributed by atoms with van der Waals surface area (Å²) in [6.45, 7) is 3.64. The normalized spacial score (nSPS) is 11.6. The Hall–Kier alpha value is -2.24. The number of methoxy groups -OCH3 is 1. The zero-order chi connectivity index (χ0) is 15.1. The number of esters is 2. The monoisotopic (exact) mass is 281 g/mol. The summed E-state index contributed by atoms with van der Waals surface area (Å²) in [6, 6.07) is 4.77. The summed E-state index contributed by atoms with van der Waals surface area (Å²) < 4.78 is 15.0. The van der Waals surface area contributed by atoms with Gasteiger partial charge in [0.05, 0.1) is 25.0 Å². The average Bonchev–Trinajstić information content (AvgIpc) is 2.44. The molecule has 0 aromatic heterocycles. The Bertz CT molecular complexity index is 486. The highest BCUT2D eigenvalue weighted by Gasteiger charge is 2.24. The molecule has 0 bridgehead atoms. The molecule has 0 fully saturated rings. The van der Waals surface area contributed by atoms with Crippen LogP contribution in [0.15, 0.2) is 18.2 Å². The van der Waals surface area contributed by atoms with Crippen molar-refractivity contribution in [1.82, 2.24) is 0 Å². The summed E-state index contributed by atoms with van der Waals surface area (Å²) in [6.07, 6.45) is -0.609. The minimum atomic E-state index is -0.937. The topological polar surface area (TPSA) is 87.8 Å². The number of nitrogens with two attached hydrogens (primary N) is 1. The van der Waals surface area contributed by atoms with Gasteiger partial charge < -0.3 is 19.9 Å². The molecule has 1 aromatic carbocycles. The van der Waals surface area contributed by atoms with Gasteiger partial charge in [-0.15, -0.1) is 0 Å². The maximum absolute atomic E-state index is 12.0. The van der Waals surface area contributed by atoms with Crippen LogP contribution in [0.25, 0.3) is 0 Å². The summed E-state index contributed by atoms with van der Waals surface area (Å²) in [5.74, 6) is -0.866. The fourth-order valence-electron chi connectivity index (χ4n) is 1.63. The minimum Gasteiger partial charge on any atom is -0.495 e. The Morgan fingerprint density at radius 2 is 2.00 bits per heavy atom. The second kappa shape index (κ2) is 7.37. The van der Waals surface area contributed by atoms with Gasteiger partial charge in [-0.25, -0.2) is 9.59 Å². The molecule has 20 heavy (non-hydrogen) atoms. The van der Waals surface area contributed by atoms with Crippen molar-refractivity contribution in [3.63, 3.8) is 0 Å². The zero-order valence-corrected chi connectivity index (χ0v) is 11.8. The van der Waals surface area contributed by atoms with Crippen molar-refractivity contribution in [3.8, 4) is 5.75 Å². The Kier molecular flexibility index (Phi) is 5.83. The SMILES string of the molecule is CCOC(=O)C(CC)OC(=O)c1cccc(OC)c1N. The predicted octanol–water partition coefficient (Wildman–Crippen LogP) is 1.78. The smallest absolute Gasteiger partial charge is 0.347 e. The molecular formula is C14H19NO5. The number of hydrogen-bond donors (Lipinski definition) is 1. The first-order valence-corrected chi connectivity index (χ1v) is 6.35. The molecule has 0 radical (unpaired) electrons. The Morgan fingerprint density at radius 1 is 1.30 bits per heavy atom. The van der Waals surface area contributed by atoms with Crippen LogP contribution in [-0.2, 0) is 14.3 Å². The average molecular weight is 281 g/mol. The molecule has 110 valence electrons. The predicted molar refractivity (Wildman–Crippen MR) is 73.5 cm³/mol. The maximum atomic E-state index is 12.0. The van der Waals surface area contributed by atoms with Gasteiger partial charge in [0, 0.05) is 0 Å². The van der Waals surface area contributed by atoms with Crippen molar-refractivity contribution in [1.29, 1.82) is 0 Å². The lowest BCUT2D eigenvalue weighted by atomic mass is 10.1. The molecule has 1 atom stereocenters. The van der Waals surface area contributed by atoms with Gasteiger partial charge in [-0.3, -0.25) is 0 Å². The number of para-hydroxylation sites is 1. The lowest BCUT2D eigenvalue weighted by Gasteiger charge is -2.16. The molecule has 0 aliphatic rings. The van der Waals surface area contributed by atoms with E-state index in [-0.39, 0.29) is 17.9 Å². The van der Waals surface area contributed by atoms with E-state index in [0.717, 1.165) is 0 Å². The number of benzene rings is 1. The number of nitrogen functional groups attached to an aromatic ring is 1. The van der Waals surface area contributed by atoms with Crippen LogP contribution in [0.3, 0.4) is 0 Å².